The third-order valence-electron chi connectivity index (χ3n) is 23.7. The summed E-state index contributed by atoms with van der Waals surface area (Å²) in [4.78, 5) is 0. The predicted molar refractivity (Wildman–Crippen MR) is 356 cm³/mol. The summed E-state index contributed by atoms with van der Waals surface area (Å²) in [6.45, 7) is 43.2. The monoisotopic (exact) mass is 1090 g/mol. The standard InChI is InChI=1S/4C13H24.C12H22.C10H14.4CH4/c1-13(2,3)12-9-5-7-10-6-4-8-11(10)12;1-13(2,3)12-8-7-10-5-4-6-11(10)9-12;2*1-13(2,3)12-9-8-10-6-4-5-7-11(10)12;1-12(2,3)11-8-7-9-5-4-6-10(9)11;1-10(2,3)9-7-5-4-6-8-9;;;;/h4*10-12H,4-9H2,1-3H3;9-11H,4-8H2,1-3H3;4-8H,1-3H3;4*1H4. The molecule has 10 saturated carbocycles. The minimum absolute atomic E-state index is 0. The Labute approximate surface area is 495 Å². The summed E-state index contributed by atoms with van der Waals surface area (Å²) in [6.07, 6.45) is 44.2. The maximum atomic E-state index is 2.44. The second kappa shape index (κ2) is 31.4. The molecule has 0 amide bonds. The summed E-state index contributed by atoms with van der Waals surface area (Å²) in [5.41, 5.74) is 4.52. The lowest BCUT2D eigenvalue weighted by Crippen LogP contribution is -2.33. The molecule has 0 N–H and O–H groups in total. The molecular weight excluding hydrogens is 937 g/mol. The molecular formula is C78H148. The van der Waals surface area contributed by atoms with E-state index in [1.54, 1.807) is 6.42 Å². The maximum Gasteiger partial charge on any atom is -0.0132 e. The number of hydrogen-bond acceptors (Lipinski definition) is 0. The van der Waals surface area contributed by atoms with Crippen LogP contribution in [-0.4, -0.2) is 0 Å². The lowest BCUT2D eigenvalue weighted by atomic mass is 9.63. The molecule has 0 radical (unpaired) electrons. The van der Waals surface area contributed by atoms with E-state index in [4.69, 9.17) is 0 Å². The van der Waals surface area contributed by atoms with Gasteiger partial charge in [-0.25, -0.2) is 0 Å². The summed E-state index contributed by atoms with van der Waals surface area (Å²) in [7, 11) is 0. The molecule has 1 aromatic carbocycles. The number of rotatable bonds is 0. The highest BCUT2D eigenvalue weighted by atomic mass is 14.5. The molecule has 15 unspecified atom stereocenters. The Balaban J connectivity index is 0.000000317. The first kappa shape index (κ1) is 73.3. The van der Waals surface area contributed by atoms with Gasteiger partial charge in [0.15, 0.2) is 0 Å². The fourth-order valence-corrected chi connectivity index (χ4v) is 19.5. The van der Waals surface area contributed by atoms with Crippen LogP contribution in [-0.2, 0) is 5.41 Å². The van der Waals surface area contributed by atoms with Gasteiger partial charge < -0.3 is 0 Å². The van der Waals surface area contributed by atoms with Crippen LogP contribution in [0.2, 0.25) is 0 Å². The largest absolute Gasteiger partial charge is 0.0776 e. The van der Waals surface area contributed by atoms with Crippen LogP contribution in [0.4, 0.5) is 0 Å². The Morgan fingerprint density at radius 1 is 0.256 bits per heavy atom. The molecule has 0 aliphatic heterocycles. The molecule has 0 bridgehead atoms. The van der Waals surface area contributed by atoms with Gasteiger partial charge >= 0.3 is 0 Å². The first-order chi connectivity index (χ1) is 34.5. The molecule has 10 aliphatic rings. The second-order valence-electron chi connectivity index (χ2n) is 34.6. The van der Waals surface area contributed by atoms with Crippen molar-refractivity contribution in [3.63, 3.8) is 0 Å². The first-order valence-electron chi connectivity index (χ1n) is 33.6. The SMILES string of the molecule is C.C.C.C.CC(C)(C)C1CCC2CCCC21.CC(C)(C)C1CCC2CCCC2C1.CC(C)(C)C1CCC2CCCCC21.CC(C)(C)C1CCC2CCCCC21.CC(C)(C)C1CCCC2CCCC21.CC(C)(C)c1ccccc1. The molecule has 10 fully saturated rings. The van der Waals surface area contributed by atoms with Gasteiger partial charge in [-0.1, -0.05) is 281 Å². The summed E-state index contributed by atoms with van der Waals surface area (Å²) in [5.74, 6) is 16.2. The third-order valence-corrected chi connectivity index (χ3v) is 23.7. The smallest absolute Gasteiger partial charge is 0.0132 e. The Morgan fingerprint density at radius 2 is 0.538 bits per heavy atom. The molecule has 15 atom stereocenters. The normalized spacial score (nSPS) is 34.8. The highest BCUT2D eigenvalue weighted by Crippen LogP contribution is 2.56. The molecule has 0 nitrogen and oxygen atoms in total. The van der Waals surface area contributed by atoms with Crippen molar-refractivity contribution in [3.8, 4) is 0 Å². The highest BCUT2D eigenvalue weighted by molar-refractivity contribution is 5.22. The molecule has 10 aliphatic carbocycles. The van der Waals surface area contributed by atoms with Crippen LogP contribution in [0.3, 0.4) is 0 Å². The lowest BCUT2D eigenvalue weighted by molar-refractivity contribution is 0.0792. The molecule has 11 rings (SSSR count). The van der Waals surface area contributed by atoms with Gasteiger partial charge in [-0.3, -0.25) is 0 Å². The van der Waals surface area contributed by atoms with Crippen molar-refractivity contribution in [2.75, 3.05) is 0 Å². The fraction of sp³-hybridized carbons (Fsp3) is 0.923. The Kier molecular flexibility index (Phi) is 29.5. The summed E-state index contributed by atoms with van der Waals surface area (Å²) in [6, 6.07) is 10.6. The third kappa shape index (κ3) is 20.8. The van der Waals surface area contributed by atoms with Gasteiger partial charge in [0.25, 0.3) is 0 Å². The zero-order valence-electron chi connectivity index (χ0n) is 53.6. The zero-order chi connectivity index (χ0) is 54.3. The van der Waals surface area contributed by atoms with Crippen LogP contribution in [0, 0.1) is 116 Å². The van der Waals surface area contributed by atoms with Gasteiger partial charge in [-0.05, 0) is 217 Å². The molecule has 0 spiro atoms. The van der Waals surface area contributed by atoms with Crippen LogP contribution >= 0.6 is 0 Å². The second-order valence-corrected chi connectivity index (χ2v) is 34.6. The van der Waals surface area contributed by atoms with Gasteiger partial charge in [-0.2, -0.15) is 0 Å². The van der Waals surface area contributed by atoms with Crippen LogP contribution in [0.25, 0.3) is 0 Å². The average molecular weight is 1090 g/mol. The average Bonchev–Trinajstić information content (AvgIpc) is 4.18. The van der Waals surface area contributed by atoms with Crippen LogP contribution in [0.5, 0.6) is 0 Å². The molecule has 0 heterocycles. The molecule has 0 heteroatoms. The molecule has 78 heavy (non-hydrogen) atoms. The summed E-state index contributed by atoms with van der Waals surface area (Å²) >= 11 is 0. The van der Waals surface area contributed by atoms with E-state index in [1.807, 2.05) is 0 Å². The zero-order valence-corrected chi connectivity index (χ0v) is 53.6. The van der Waals surface area contributed by atoms with Gasteiger partial charge in [-0.15, -0.1) is 0 Å². The molecule has 0 saturated heterocycles. The highest BCUT2D eigenvalue weighted by Gasteiger charge is 2.46. The minimum Gasteiger partial charge on any atom is -0.0776 e. The van der Waals surface area contributed by atoms with E-state index in [0.29, 0.717) is 32.5 Å². The van der Waals surface area contributed by atoms with Crippen molar-refractivity contribution in [2.24, 2.45) is 116 Å². The molecule has 460 valence electrons. The van der Waals surface area contributed by atoms with E-state index in [1.165, 1.54) is 185 Å². The number of fused-ring (bicyclic) bond motifs is 5. The topological polar surface area (TPSA) is 0 Å². The van der Waals surface area contributed by atoms with Gasteiger partial charge in [0.1, 0.15) is 0 Å². The number of hydrogen-bond donors (Lipinski definition) is 0. The maximum absolute atomic E-state index is 2.44. The van der Waals surface area contributed by atoms with Gasteiger partial charge in [0.2, 0.25) is 0 Å². The summed E-state index contributed by atoms with van der Waals surface area (Å²) < 4.78 is 0. The lowest BCUT2D eigenvalue weighted by Gasteiger charge is -2.42. The summed E-state index contributed by atoms with van der Waals surface area (Å²) in [5, 5.41) is 0. The quantitative estimate of drug-likeness (QED) is 0.243. The van der Waals surface area contributed by atoms with E-state index in [0.717, 1.165) is 88.8 Å². The van der Waals surface area contributed by atoms with E-state index in [-0.39, 0.29) is 29.7 Å². The first-order valence-corrected chi connectivity index (χ1v) is 33.6. The van der Waals surface area contributed by atoms with Crippen molar-refractivity contribution >= 4 is 0 Å². The van der Waals surface area contributed by atoms with Crippen molar-refractivity contribution in [1.82, 2.24) is 0 Å². The van der Waals surface area contributed by atoms with E-state index >= 15 is 0 Å². The molecule has 0 aromatic heterocycles. The Morgan fingerprint density at radius 3 is 0.897 bits per heavy atom. The molecule has 1 aromatic rings. The van der Waals surface area contributed by atoms with Crippen molar-refractivity contribution < 1.29 is 0 Å². The fourth-order valence-electron chi connectivity index (χ4n) is 19.5. The van der Waals surface area contributed by atoms with Gasteiger partial charge in [0.05, 0.1) is 0 Å². The number of benzene rings is 1. The van der Waals surface area contributed by atoms with E-state index in [9.17, 15) is 0 Å². The van der Waals surface area contributed by atoms with Crippen molar-refractivity contribution in [3.05, 3.63) is 35.9 Å². The Bertz CT molecular complexity index is 1670. The predicted octanol–water partition coefficient (Wildman–Crippen LogP) is 26.4. The Hall–Kier alpha value is -0.780. The van der Waals surface area contributed by atoms with Crippen molar-refractivity contribution in [2.45, 2.75) is 346 Å². The minimum atomic E-state index is 0. The van der Waals surface area contributed by atoms with Crippen LogP contribution in [0.15, 0.2) is 30.3 Å². The van der Waals surface area contributed by atoms with Gasteiger partial charge in [0, 0.05) is 0 Å². The van der Waals surface area contributed by atoms with E-state index < -0.39 is 0 Å². The van der Waals surface area contributed by atoms with Crippen LogP contribution in [0.1, 0.15) is 346 Å². The van der Waals surface area contributed by atoms with Crippen LogP contribution < -0.4 is 0 Å². The van der Waals surface area contributed by atoms with Crippen molar-refractivity contribution in [1.29, 1.82) is 0 Å². The van der Waals surface area contributed by atoms with E-state index in [2.05, 4.69) is 155 Å².